The minimum absolute atomic E-state index is 0.0486. The first-order valence-electron chi connectivity index (χ1n) is 8.72. The second-order valence-corrected chi connectivity index (χ2v) is 9.68. The lowest BCUT2D eigenvalue weighted by Gasteiger charge is -2.26. The molecule has 2 N–H and O–H groups in total. The van der Waals surface area contributed by atoms with Gasteiger partial charge in [-0.15, -0.1) is 11.8 Å². The molecule has 2 heterocycles. The van der Waals surface area contributed by atoms with Crippen LogP contribution in [0.1, 0.15) is 52.4 Å². The summed E-state index contributed by atoms with van der Waals surface area (Å²) in [6, 6.07) is 5.27. The number of anilines is 2. The van der Waals surface area contributed by atoms with Crippen molar-refractivity contribution < 1.29 is 14.4 Å². The molecule has 27 heavy (non-hydrogen) atoms. The van der Waals surface area contributed by atoms with Gasteiger partial charge in [0.15, 0.2) is 10.9 Å². The predicted molar refractivity (Wildman–Crippen MR) is 107 cm³/mol. The van der Waals surface area contributed by atoms with Crippen LogP contribution in [0.5, 0.6) is 0 Å². The quantitative estimate of drug-likeness (QED) is 0.794. The van der Waals surface area contributed by atoms with Crippen LogP contribution in [0.25, 0.3) is 0 Å². The number of fused-ring (bicyclic) bond motifs is 2. The maximum Gasteiger partial charge on any atom is 0.257 e. The molecule has 0 atom stereocenters. The molecule has 2 aliphatic rings. The molecule has 8 heteroatoms. The first-order chi connectivity index (χ1) is 12.8. The first kappa shape index (κ1) is 18.2. The average molecular weight is 402 g/mol. The number of hydrogen-bond acceptors (Lipinski definition) is 6. The van der Waals surface area contributed by atoms with Crippen molar-refractivity contribution in [3.63, 3.8) is 0 Å². The van der Waals surface area contributed by atoms with Crippen molar-refractivity contribution in [1.29, 1.82) is 0 Å². The second kappa shape index (κ2) is 6.76. The Kier molecular flexibility index (Phi) is 4.55. The Balaban J connectivity index is 1.55. The van der Waals surface area contributed by atoms with Gasteiger partial charge in [0.1, 0.15) is 0 Å². The standard InChI is InChI=1S/C19H19N3O3S2/c1-19(2)8-12-16(13(23)9-19)27-18(21-12)22-17(25)10-3-4-14-11(7-10)20-15(24)5-6-26-14/h3-4,7H,5-6,8-9H2,1-2H3,(H,20,24)(H,21,22,25). The highest BCUT2D eigenvalue weighted by Gasteiger charge is 2.34. The Labute approximate surface area is 165 Å². The number of hydrogen-bond donors (Lipinski definition) is 2. The fourth-order valence-electron chi connectivity index (χ4n) is 3.30. The van der Waals surface area contributed by atoms with E-state index in [0.717, 1.165) is 22.8 Å². The Morgan fingerprint density at radius 3 is 2.89 bits per heavy atom. The van der Waals surface area contributed by atoms with Gasteiger partial charge in [0.25, 0.3) is 5.91 Å². The van der Waals surface area contributed by atoms with Gasteiger partial charge in [0, 0.05) is 29.1 Å². The number of thioether (sulfide) groups is 1. The van der Waals surface area contributed by atoms with Gasteiger partial charge in [-0.1, -0.05) is 25.2 Å². The number of ketones is 1. The van der Waals surface area contributed by atoms with Crippen molar-refractivity contribution in [2.75, 3.05) is 16.4 Å². The molecule has 1 aliphatic heterocycles. The molecule has 0 spiro atoms. The van der Waals surface area contributed by atoms with Crippen LogP contribution in [0.15, 0.2) is 23.1 Å². The van der Waals surface area contributed by atoms with Gasteiger partial charge in [0.2, 0.25) is 5.91 Å². The molecule has 0 radical (unpaired) electrons. The molecule has 0 saturated carbocycles. The predicted octanol–water partition coefficient (Wildman–Crippen LogP) is 3.98. The minimum atomic E-state index is -0.306. The highest BCUT2D eigenvalue weighted by molar-refractivity contribution is 7.99. The smallest absolute Gasteiger partial charge is 0.257 e. The molecule has 0 fully saturated rings. The maximum atomic E-state index is 12.6. The second-order valence-electron chi connectivity index (χ2n) is 7.55. The zero-order chi connectivity index (χ0) is 19.2. The molecule has 2 amide bonds. The number of thiazole rings is 1. The molecule has 0 saturated heterocycles. The highest BCUT2D eigenvalue weighted by atomic mass is 32.2. The van der Waals surface area contributed by atoms with E-state index in [2.05, 4.69) is 15.6 Å². The number of Topliss-reactive ketones (excluding diaryl/α,β-unsaturated/α-hetero) is 1. The third-order valence-electron chi connectivity index (χ3n) is 4.56. The molecular formula is C19H19N3O3S2. The molecule has 6 nitrogen and oxygen atoms in total. The van der Waals surface area contributed by atoms with Crippen molar-refractivity contribution in [3.8, 4) is 0 Å². The summed E-state index contributed by atoms with van der Waals surface area (Å²) < 4.78 is 0. The van der Waals surface area contributed by atoms with Gasteiger partial charge in [-0.3, -0.25) is 19.7 Å². The van der Waals surface area contributed by atoms with Crippen LogP contribution in [-0.2, 0) is 11.2 Å². The number of amides is 2. The van der Waals surface area contributed by atoms with E-state index in [0.29, 0.717) is 34.1 Å². The monoisotopic (exact) mass is 401 g/mol. The summed E-state index contributed by atoms with van der Waals surface area (Å²) in [6.45, 7) is 4.10. The molecular weight excluding hydrogens is 382 g/mol. The third-order valence-corrected chi connectivity index (χ3v) is 6.69. The van der Waals surface area contributed by atoms with Crippen molar-refractivity contribution in [3.05, 3.63) is 34.3 Å². The van der Waals surface area contributed by atoms with E-state index in [9.17, 15) is 14.4 Å². The molecule has 0 unspecified atom stereocenters. The van der Waals surface area contributed by atoms with Crippen LogP contribution in [-0.4, -0.2) is 28.3 Å². The summed E-state index contributed by atoms with van der Waals surface area (Å²) in [6.07, 6.45) is 1.68. The van der Waals surface area contributed by atoms with Crippen molar-refractivity contribution >= 4 is 51.5 Å². The molecule has 2 aromatic rings. The fourth-order valence-corrected chi connectivity index (χ4v) is 5.16. The van der Waals surface area contributed by atoms with Gasteiger partial charge in [-0.2, -0.15) is 0 Å². The molecule has 140 valence electrons. The summed E-state index contributed by atoms with van der Waals surface area (Å²) >= 11 is 2.83. The van der Waals surface area contributed by atoms with Gasteiger partial charge in [-0.05, 0) is 30.0 Å². The van der Waals surface area contributed by atoms with Crippen LogP contribution in [0.3, 0.4) is 0 Å². The molecule has 0 bridgehead atoms. The summed E-state index contributed by atoms with van der Waals surface area (Å²) in [5, 5.41) is 6.07. The Bertz CT molecular complexity index is 965. The lowest BCUT2D eigenvalue weighted by molar-refractivity contribution is -0.115. The molecule has 1 aliphatic carbocycles. The summed E-state index contributed by atoms with van der Waals surface area (Å²) in [5.74, 6) is 0.454. The van der Waals surface area contributed by atoms with Gasteiger partial charge in [-0.25, -0.2) is 4.98 Å². The van der Waals surface area contributed by atoms with E-state index in [-0.39, 0.29) is 23.0 Å². The van der Waals surface area contributed by atoms with Crippen LogP contribution in [0, 0.1) is 5.41 Å². The normalized spacial score (nSPS) is 18.1. The number of rotatable bonds is 2. The number of nitrogens with zero attached hydrogens (tertiary/aromatic N) is 1. The average Bonchev–Trinajstić information content (AvgIpc) is 2.87. The minimum Gasteiger partial charge on any atom is -0.325 e. The molecule has 4 rings (SSSR count). The first-order valence-corrected chi connectivity index (χ1v) is 10.5. The fraction of sp³-hybridized carbons (Fsp3) is 0.368. The Hall–Kier alpha value is -2.19. The largest absolute Gasteiger partial charge is 0.325 e. The van der Waals surface area contributed by atoms with Crippen molar-refractivity contribution in [2.45, 2.75) is 38.0 Å². The number of carbonyl (C=O) groups is 3. The van der Waals surface area contributed by atoms with E-state index >= 15 is 0 Å². The van der Waals surface area contributed by atoms with Crippen LogP contribution in [0.4, 0.5) is 10.8 Å². The van der Waals surface area contributed by atoms with E-state index in [1.165, 1.54) is 11.3 Å². The van der Waals surface area contributed by atoms with Gasteiger partial charge >= 0.3 is 0 Å². The zero-order valence-electron chi connectivity index (χ0n) is 15.0. The van der Waals surface area contributed by atoms with Crippen LogP contribution >= 0.6 is 23.1 Å². The Morgan fingerprint density at radius 1 is 1.26 bits per heavy atom. The van der Waals surface area contributed by atoms with Gasteiger partial charge in [0.05, 0.1) is 16.3 Å². The number of nitrogens with one attached hydrogen (secondary N) is 2. The molecule has 1 aromatic heterocycles. The highest BCUT2D eigenvalue weighted by Crippen LogP contribution is 2.38. The van der Waals surface area contributed by atoms with Gasteiger partial charge < -0.3 is 5.32 Å². The van der Waals surface area contributed by atoms with E-state index in [1.54, 1.807) is 23.9 Å². The van der Waals surface area contributed by atoms with Crippen molar-refractivity contribution in [1.82, 2.24) is 4.98 Å². The van der Waals surface area contributed by atoms with E-state index < -0.39 is 0 Å². The summed E-state index contributed by atoms with van der Waals surface area (Å²) in [4.78, 5) is 42.8. The topological polar surface area (TPSA) is 88.2 Å². The SMILES string of the molecule is CC1(C)CC(=O)c2sc(NC(=O)c3ccc4c(c3)NC(=O)CCS4)nc2C1. The Morgan fingerprint density at radius 2 is 2.07 bits per heavy atom. The lowest BCUT2D eigenvalue weighted by atomic mass is 9.78. The van der Waals surface area contributed by atoms with E-state index in [1.807, 2.05) is 19.9 Å². The number of benzene rings is 1. The zero-order valence-corrected chi connectivity index (χ0v) is 16.7. The molecule has 1 aromatic carbocycles. The number of carbonyl (C=O) groups excluding carboxylic acids is 3. The van der Waals surface area contributed by atoms with Crippen LogP contribution < -0.4 is 10.6 Å². The van der Waals surface area contributed by atoms with Crippen LogP contribution in [0.2, 0.25) is 0 Å². The maximum absolute atomic E-state index is 12.6. The summed E-state index contributed by atoms with van der Waals surface area (Å²) in [7, 11) is 0. The van der Waals surface area contributed by atoms with Crippen molar-refractivity contribution in [2.24, 2.45) is 5.41 Å². The third kappa shape index (κ3) is 3.77. The summed E-state index contributed by atoms with van der Waals surface area (Å²) in [5.41, 5.74) is 1.76. The van der Waals surface area contributed by atoms with E-state index in [4.69, 9.17) is 0 Å². The lowest BCUT2D eigenvalue weighted by Crippen LogP contribution is -2.26. The number of aromatic nitrogens is 1.